The second-order valence-corrected chi connectivity index (χ2v) is 5.47. The first-order valence-electron chi connectivity index (χ1n) is 7.68. The summed E-state index contributed by atoms with van der Waals surface area (Å²) in [5.41, 5.74) is 1.26. The lowest BCUT2D eigenvalue weighted by molar-refractivity contribution is 0.102. The first kappa shape index (κ1) is 15.7. The average Bonchev–Trinajstić information content (AvgIpc) is 3.08. The molecular formula is C18H12FN5O2. The van der Waals surface area contributed by atoms with Crippen LogP contribution in [0.25, 0.3) is 17.0 Å². The van der Waals surface area contributed by atoms with E-state index in [1.165, 1.54) is 24.4 Å². The molecule has 2 N–H and O–H groups in total. The summed E-state index contributed by atoms with van der Waals surface area (Å²) in [4.78, 5) is 16.5. The number of pyridine rings is 2. The molecule has 0 saturated carbocycles. The molecule has 26 heavy (non-hydrogen) atoms. The molecule has 128 valence electrons. The van der Waals surface area contributed by atoms with Crippen LogP contribution in [0.15, 0.2) is 60.9 Å². The summed E-state index contributed by atoms with van der Waals surface area (Å²) in [6.07, 6.45) is 3.17. The molecule has 3 heterocycles. The van der Waals surface area contributed by atoms with Crippen molar-refractivity contribution in [3.63, 3.8) is 0 Å². The Morgan fingerprint density at radius 2 is 1.88 bits per heavy atom. The smallest absolute Gasteiger partial charge is 0.260 e. The molecule has 1 aromatic carbocycles. The van der Waals surface area contributed by atoms with Crippen LogP contribution in [-0.4, -0.2) is 30.6 Å². The first-order valence-corrected chi connectivity index (χ1v) is 7.68. The minimum Gasteiger partial charge on any atom is -0.504 e. The minimum atomic E-state index is -0.484. The number of fused-ring (bicyclic) bond motifs is 1. The summed E-state index contributed by atoms with van der Waals surface area (Å²) in [7, 11) is 0. The number of carbonyl (C=O) groups is 1. The van der Waals surface area contributed by atoms with Crippen molar-refractivity contribution in [1.29, 1.82) is 0 Å². The first-order chi connectivity index (χ1) is 12.6. The van der Waals surface area contributed by atoms with Crippen molar-refractivity contribution in [2.75, 3.05) is 5.32 Å². The number of hydrogen-bond donors (Lipinski definition) is 2. The summed E-state index contributed by atoms with van der Waals surface area (Å²) in [6, 6.07) is 12.1. The zero-order valence-electron chi connectivity index (χ0n) is 13.3. The van der Waals surface area contributed by atoms with Gasteiger partial charge in [-0.2, -0.15) is 0 Å². The number of anilines is 1. The van der Waals surface area contributed by atoms with E-state index >= 15 is 0 Å². The van der Waals surface area contributed by atoms with E-state index in [0.29, 0.717) is 17.0 Å². The highest BCUT2D eigenvalue weighted by Crippen LogP contribution is 2.22. The standard InChI is InChI=1S/C18H12FN5O2/c19-12-7-5-11(6-8-12)16-22-23-17-13(3-2-10-24(16)17)18(26)21-15-14(25)4-1-9-20-15/h1-10,25H,(H,20,21,26). The second kappa shape index (κ2) is 6.25. The Morgan fingerprint density at radius 3 is 2.65 bits per heavy atom. The molecule has 0 aliphatic carbocycles. The summed E-state index contributed by atoms with van der Waals surface area (Å²) >= 11 is 0. The van der Waals surface area contributed by atoms with Gasteiger partial charge in [-0.15, -0.1) is 10.2 Å². The van der Waals surface area contributed by atoms with Crippen LogP contribution in [0, 0.1) is 5.82 Å². The van der Waals surface area contributed by atoms with Crippen molar-refractivity contribution in [1.82, 2.24) is 19.6 Å². The fourth-order valence-electron chi connectivity index (χ4n) is 2.56. The molecule has 0 atom stereocenters. The molecule has 0 aliphatic heterocycles. The molecule has 0 bridgehead atoms. The molecule has 8 heteroatoms. The van der Waals surface area contributed by atoms with Crippen LogP contribution in [0.2, 0.25) is 0 Å². The summed E-state index contributed by atoms with van der Waals surface area (Å²) in [6.45, 7) is 0. The van der Waals surface area contributed by atoms with E-state index in [1.807, 2.05) is 0 Å². The second-order valence-electron chi connectivity index (χ2n) is 5.47. The van der Waals surface area contributed by atoms with Crippen molar-refractivity contribution in [2.24, 2.45) is 0 Å². The van der Waals surface area contributed by atoms with Crippen molar-refractivity contribution in [3.8, 4) is 17.1 Å². The van der Waals surface area contributed by atoms with Gasteiger partial charge in [-0.05, 0) is 48.5 Å². The number of nitrogens with one attached hydrogen (secondary N) is 1. The molecular weight excluding hydrogens is 337 g/mol. The zero-order chi connectivity index (χ0) is 18.1. The van der Waals surface area contributed by atoms with Gasteiger partial charge in [-0.25, -0.2) is 9.37 Å². The van der Waals surface area contributed by atoms with Crippen LogP contribution in [0.5, 0.6) is 5.75 Å². The molecule has 0 fully saturated rings. The maximum atomic E-state index is 13.1. The average molecular weight is 349 g/mol. The largest absolute Gasteiger partial charge is 0.504 e. The molecule has 7 nitrogen and oxygen atoms in total. The van der Waals surface area contributed by atoms with Crippen molar-refractivity contribution in [2.45, 2.75) is 0 Å². The number of carbonyl (C=O) groups excluding carboxylic acids is 1. The lowest BCUT2D eigenvalue weighted by Gasteiger charge is -2.07. The van der Waals surface area contributed by atoms with Gasteiger partial charge in [0.2, 0.25) is 0 Å². The van der Waals surface area contributed by atoms with Gasteiger partial charge in [0, 0.05) is 18.0 Å². The molecule has 4 aromatic rings. The normalized spacial score (nSPS) is 10.8. The molecule has 4 rings (SSSR count). The Hall–Kier alpha value is -3.81. The lowest BCUT2D eigenvalue weighted by Crippen LogP contribution is -2.14. The Bertz CT molecular complexity index is 1110. The predicted octanol–water partition coefficient (Wildman–Crippen LogP) is 2.89. The number of halogens is 1. The van der Waals surface area contributed by atoms with Gasteiger partial charge in [-0.1, -0.05) is 0 Å². The third-order valence-electron chi connectivity index (χ3n) is 3.80. The molecule has 1 amide bonds. The molecule has 0 aliphatic rings. The number of aromatic nitrogens is 4. The number of nitrogens with zero attached hydrogens (tertiary/aromatic N) is 4. The minimum absolute atomic E-state index is 0.0535. The van der Waals surface area contributed by atoms with Crippen LogP contribution in [0.4, 0.5) is 10.2 Å². The van der Waals surface area contributed by atoms with Gasteiger partial charge in [0.05, 0.1) is 5.56 Å². The SMILES string of the molecule is O=C(Nc1ncccc1O)c1cccn2c(-c3ccc(F)cc3)nnc12. The van der Waals surface area contributed by atoms with E-state index in [4.69, 9.17) is 0 Å². The van der Waals surface area contributed by atoms with E-state index < -0.39 is 5.91 Å². The van der Waals surface area contributed by atoms with Crippen molar-refractivity contribution >= 4 is 17.4 Å². The zero-order valence-corrected chi connectivity index (χ0v) is 13.3. The Balaban J connectivity index is 1.74. The van der Waals surface area contributed by atoms with Crippen LogP contribution in [-0.2, 0) is 0 Å². The molecule has 0 saturated heterocycles. The van der Waals surface area contributed by atoms with Crippen LogP contribution in [0.1, 0.15) is 10.4 Å². The third kappa shape index (κ3) is 2.73. The topological polar surface area (TPSA) is 92.4 Å². The number of benzene rings is 1. The maximum absolute atomic E-state index is 13.1. The van der Waals surface area contributed by atoms with Gasteiger partial charge >= 0.3 is 0 Å². The van der Waals surface area contributed by atoms with E-state index in [-0.39, 0.29) is 22.9 Å². The molecule has 0 spiro atoms. The van der Waals surface area contributed by atoms with Gasteiger partial charge in [0.1, 0.15) is 5.82 Å². The predicted molar refractivity (Wildman–Crippen MR) is 92.2 cm³/mol. The number of hydrogen-bond acceptors (Lipinski definition) is 5. The van der Waals surface area contributed by atoms with E-state index in [0.717, 1.165) is 0 Å². The quantitative estimate of drug-likeness (QED) is 0.593. The van der Waals surface area contributed by atoms with E-state index in [2.05, 4.69) is 20.5 Å². The summed E-state index contributed by atoms with van der Waals surface area (Å²) < 4.78 is 14.8. The lowest BCUT2D eigenvalue weighted by atomic mass is 10.2. The molecule has 0 unspecified atom stereocenters. The Kier molecular flexibility index (Phi) is 3.77. The third-order valence-corrected chi connectivity index (χ3v) is 3.80. The van der Waals surface area contributed by atoms with Gasteiger partial charge < -0.3 is 10.4 Å². The highest BCUT2D eigenvalue weighted by atomic mass is 19.1. The molecule has 0 radical (unpaired) electrons. The van der Waals surface area contributed by atoms with Crippen molar-refractivity contribution in [3.05, 3.63) is 72.3 Å². The number of rotatable bonds is 3. The van der Waals surface area contributed by atoms with Crippen molar-refractivity contribution < 1.29 is 14.3 Å². The fourth-order valence-corrected chi connectivity index (χ4v) is 2.56. The van der Waals surface area contributed by atoms with E-state index in [9.17, 15) is 14.3 Å². The number of amides is 1. The van der Waals surface area contributed by atoms with Gasteiger partial charge in [0.25, 0.3) is 5.91 Å². The van der Waals surface area contributed by atoms with Crippen LogP contribution in [0.3, 0.4) is 0 Å². The highest BCUT2D eigenvalue weighted by molar-refractivity contribution is 6.08. The highest BCUT2D eigenvalue weighted by Gasteiger charge is 2.17. The van der Waals surface area contributed by atoms with Gasteiger partial charge in [0.15, 0.2) is 23.0 Å². The summed E-state index contributed by atoms with van der Waals surface area (Å²) in [5.74, 6) is -0.435. The Labute approximate surface area is 146 Å². The maximum Gasteiger partial charge on any atom is 0.260 e. The monoisotopic (exact) mass is 349 g/mol. The van der Waals surface area contributed by atoms with E-state index in [1.54, 1.807) is 40.9 Å². The summed E-state index contributed by atoms with van der Waals surface area (Å²) in [5, 5.41) is 20.5. The Morgan fingerprint density at radius 1 is 1.08 bits per heavy atom. The van der Waals surface area contributed by atoms with Gasteiger partial charge in [-0.3, -0.25) is 9.20 Å². The molecule has 3 aromatic heterocycles. The van der Waals surface area contributed by atoms with Crippen LogP contribution >= 0.6 is 0 Å². The fraction of sp³-hybridized carbons (Fsp3) is 0. The van der Waals surface area contributed by atoms with Crippen LogP contribution < -0.4 is 5.32 Å². The number of aromatic hydroxyl groups is 1.